The summed E-state index contributed by atoms with van der Waals surface area (Å²) in [5, 5.41) is 21.8. The van der Waals surface area contributed by atoms with Crippen LogP contribution in [0.1, 0.15) is 63.7 Å². The number of carbonyl (C=O) groups is 10. The van der Waals surface area contributed by atoms with Crippen molar-refractivity contribution in [1.29, 1.82) is 0 Å². The van der Waals surface area contributed by atoms with Gasteiger partial charge in [0.05, 0.1) is 54.2 Å². The summed E-state index contributed by atoms with van der Waals surface area (Å²) >= 11 is 3.04. The van der Waals surface area contributed by atoms with Crippen molar-refractivity contribution in [2.24, 2.45) is 0 Å². The van der Waals surface area contributed by atoms with Gasteiger partial charge in [-0.3, -0.25) is 28.8 Å². The highest BCUT2D eigenvalue weighted by atomic mass is 32.2. The largest absolute Gasteiger partial charge is 0.507 e. The van der Waals surface area contributed by atoms with Gasteiger partial charge in [-0.1, -0.05) is 20.3 Å². The third-order valence-electron chi connectivity index (χ3n) is 3.95. The minimum atomic E-state index is -0.657. The summed E-state index contributed by atoms with van der Waals surface area (Å²) in [5.74, 6) is 0.831. The van der Waals surface area contributed by atoms with Crippen molar-refractivity contribution in [3.05, 3.63) is 0 Å². The number of alkyl carbamates (subject to hydrolysis) is 2. The summed E-state index contributed by atoms with van der Waals surface area (Å²) < 4.78 is 28.8. The molecule has 0 aromatic heterocycles. The number of thioether (sulfide) groups is 2. The Morgan fingerprint density at radius 3 is 0.612 bits per heavy atom. The van der Waals surface area contributed by atoms with Gasteiger partial charge >= 0.3 is 36.3 Å². The topological polar surface area (TPSA) is 344 Å². The molecule has 0 rings (SSSR count). The number of amides is 8. The first-order valence-electron chi connectivity index (χ1n) is 19.0. The van der Waals surface area contributed by atoms with E-state index in [-0.39, 0.29) is 57.3 Å². The maximum absolute atomic E-state index is 10.3. The predicted octanol–water partition coefficient (Wildman–Crippen LogP) is 4.16. The molecule has 0 fully saturated rings. The van der Waals surface area contributed by atoms with Gasteiger partial charge < -0.3 is 81.0 Å². The fourth-order valence-corrected chi connectivity index (χ4v) is 1.63. The zero-order valence-electron chi connectivity index (χ0n) is 45.4. The molecule has 0 aliphatic rings. The van der Waals surface area contributed by atoms with E-state index in [1.807, 2.05) is 26.6 Å². The second-order valence-corrected chi connectivity index (χ2v) is 11.5. The molecule has 8 amide bonds. The Morgan fingerprint density at radius 1 is 0.403 bits per heavy atom. The number of ether oxygens (including phenoxy) is 7. The Kier molecular flexibility index (Phi) is 148. The highest BCUT2D eigenvalue weighted by Crippen LogP contribution is 1.87. The minimum absolute atomic E-state index is 0. The van der Waals surface area contributed by atoms with Crippen LogP contribution in [-0.4, -0.2) is 211 Å². The maximum atomic E-state index is 10.3. The molecular formula is C39H115N9O17S2. The summed E-state index contributed by atoms with van der Waals surface area (Å²) in [6.07, 6.45) is 3.57. The van der Waals surface area contributed by atoms with Crippen LogP contribution in [0.3, 0.4) is 0 Å². The molecule has 0 heterocycles. The highest BCUT2D eigenvalue weighted by molar-refractivity contribution is 7.99. The Balaban J connectivity index is -0.0000000183. The monoisotopic (exact) mass is 1050 g/mol. The summed E-state index contributed by atoms with van der Waals surface area (Å²) in [6.45, 7) is 9.92. The molecule has 0 radical (unpaired) electrons. The molecule has 28 heteroatoms. The average Bonchev–Trinajstić information content (AvgIpc) is 3.32. The number of carbonyl (C=O) groups excluding carboxylic acids is 10. The molecule has 0 unspecified atom stereocenters. The third kappa shape index (κ3) is 255. The SMILES string of the molecule is CCC.CNC.CNC(=O)CSC.CNC(=O)CSC.CNC(=O)NC.CNC(=O)OC.CNC(=O)OC.CNC(C)=O.CNC(C)=O.COC.COC(=O)OC.COC(C)=O.COC(C)=O.[HH].[HH].[HH].[HH].[HH].[HH].[HH].[HH].[HH].[HH].[HH]. The van der Waals surface area contributed by atoms with Crippen LogP contribution in [-0.2, 0) is 61.9 Å². The Hall–Kier alpha value is -5.48. The quantitative estimate of drug-likeness (QED) is 0.141. The number of esters is 2. The third-order valence-corrected chi connectivity index (χ3v) is 5.06. The van der Waals surface area contributed by atoms with Gasteiger partial charge in [0.2, 0.25) is 23.6 Å². The van der Waals surface area contributed by atoms with Crippen molar-refractivity contribution >= 4 is 83.5 Å². The zero-order valence-corrected chi connectivity index (χ0v) is 47.0. The molecule has 0 bridgehead atoms. The van der Waals surface area contributed by atoms with Gasteiger partial charge in [0.25, 0.3) is 0 Å². The molecule has 0 atom stereocenters. The fourth-order valence-electron chi connectivity index (χ4n) is 0.819. The van der Waals surface area contributed by atoms with E-state index in [2.05, 4.69) is 94.9 Å². The van der Waals surface area contributed by atoms with Gasteiger partial charge in [0.15, 0.2) is 0 Å². The molecule has 26 nitrogen and oxygen atoms in total. The lowest BCUT2D eigenvalue weighted by Gasteiger charge is -1.91. The number of rotatable bonds is 4. The minimum Gasteiger partial charge on any atom is -0.469 e. The molecule has 0 aliphatic heterocycles. The van der Waals surface area contributed by atoms with Crippen LogP contribution in [0.2, 0.25) is 0 Å². The van der Waals surface area contributed by atoms with Crippen LogP contribution in [0.5, 0.6) is 0 Å². The van der Waals surface area contributed by atoms with Gasteiger partial charge in [-0.2, -0.15) is 23.5 Å². The lowest BCUT2D eigenvalue weighted by molar-refractivity contribution is -0.138. The van der Waals surface area contributed by atoms with Crippen LogP contribution in [0.15, 0.2) is 0 Å². The van der Waals surface area contributed by atoms with Crippen molar-refractivity contribution < 1.29 is 96.8 Å². The summed E-state index contributed by atoms with van der Waals surface area (Å²) in [6, 6.07) is -0.157. The first-order valence-corrected chi connectivity index (χ1v) is 21.8. The maximum Gasteiger partial charge on any atom is 0.507 e. The predicted molar refractivity (Wildman–Crippen MR) is 293 cm³/mol. The molecular weight excluding hydrogens is 931 g/mol. The molecule has 67 heavy (non-hydrogen) atoms. The molecule has 0 aliphatic carbocycles. The first-order chi connectivity index (χ1) is 31.2. The molecule has 9 N–H and O–H groups in total. The van der Waals surface area contributed by atoms with E-state index < -0.39 is 18.3 Å². The smallest absolute Gasteiger partial charge is 0.469 e. The molecule has 0 aromatic rings. The summed E-state index contributed by atoms with van der Waals surface area (Å²) in [5.41, 5.74) is 0. The van der Waals surface area contributed by atoms with Crippen molar-refractivity contribution in [3.63, 3.8) is 0 Å². The van der Waals surface area contributed by atoms with E-state index in [1.54, 1.807) is 56.5 Å². The van der Waals surface area contributed by atoms with Crippen LogP contribution >= 0.6 is 23.5 Å². The van der Waals surface area contributed by atoms with E-state index in [4.69, 9.17) is 0 Å². The molecule has 0 spiro atoms. The average molecular weight is 1050 g/mol. The van der Waals surface area contributed by atoms with Crippen molar-refractivity contribution in [2.45, 2.75) is 48.0 Å². The second kappa shape index (κ2) is 103. The number of hydrogen-bond acceptors (Lipinski definition) is 20. The van der Waals surface area contributed by atoms with Crippen molar-refractivity contribution in [2.75, 3.05) is 151 Å². The summed E-state index contributed by atoms with van der Waals surface area (Å²) in [4.78, 5) is 98.5. The first kappa shape index (κ1) is 95.7. The number of hydrogen-bond donors (Lipinski definition) is 9. The standard InChI is InChI=1S/2C4H9NOS.C3H8N2O.2C3H7NO2.2C3H7NO.C3H6O3.2C3H6O2.C3H8.C2H7N.C2H6O.11H2/c2*1-5-4(6)3-7-2;1-4-3(6)5-2;2*1-4-3(5)6-2;2*1-3(5)4-2;1-5-3(4)6-2;2*1-3(4)5-2;3*1-3-2;;;;;;;;;;;/h2*3H2,1-2H3,(H,5,6);1-2H3,(H2,4,5,6);2*1-2H3,(H,4,5);2*1-2H3,(H,4,5);1-2H3;2*1-2H3;3H2,1-2H3;3H,1-2H3;1-2H3;11*1H. The second-order valence-electron chi connectivity index (χ2n) is 9.80. The van der Waals surface area contributed by atoms with Crippen LogP contribution < -0.4 is 47.9 Å². The molecule has 430 valence electrons. The zero-order chi connectivity index (χ0) is 56.6. The van der Waals surface area contributed by atoms with Gasteiger partial charge in [0.1, 0.15) is 0 Å². The van der Waals surface area contributed by atoms with E-state index in [0.29, 0.717) is 11.5 Å². The van der Waals surface area contributed by atoms with Gasteiger partial charge in [-0.05, 0) is 26.6 Å². The Morgan fingerprint density at radius 2 is 0.597 bits per heavy atom. The normalized spacial score (nSPS) is 7.07. The van der Waals surface area contributed by atoms with E-state index in [0.717, 1.165) is 0 Å². The lowest BCUT2D eigenvalue weighted by atomic mass is 10.6. The number of urea groups is 1. The lowest BCUT2D eigenvalue weighted by Crippen LogP contribution is -2.28. The highest BCUT2D eigenvalue weighted by Gasteiger charge is 1.91. The molecule has 0 aromatic carbocycles. The van der Waals surface area contributed by atoms with Gasteiger partial charge in [0, 0.05) is 114 Å². The number of nitrogens with one attached hydrogen (secondary N) is 9. The van der Waals surface area contributed by atoms with Crippen LogP contribution in [0.25, 0.3) is 0 Å². The van der Waals surface area contributed by atoms with Crippen LogP contribution in [0, 0.1) is 0 Å². The van der Waals surface area contributed by atoms with Gasteiger partial charge in [-0.15, -0.1) is 0 Å². The fraction of sp³-hybridized carbons (Fsp3) is 0.744. The van der Waals surface area contributed by atoms with Crippen molar-refractivity contribution in [3.8, 4) is 0 Å². The van der Waals surface area contributed by atoms with E-state index in [9.17, 15) is 47.9 Å². The Bertz CT molecular complexity index is 966. The Labute approximate surface area is 427 Å². The van der Waals surface area contributed by atoms with E-state index >= 15 is 0 Å². The molecule has 0 saturated carbocycles. The van der Waals surface area contributed by atoms with E-state index in [1.165, 1.54) is 114 Å². The van der Waals surface area contributed by atoms with Crippen molar-refractivity contribution in [1.82, 2.24) is 47.9 Å². The molecule has 0 saturated heterocycles. The summed E-state index contributed by atoms with van der Waals surface area (Å²) in [7, 11) is 27.5. The van der Waals surface area contributed by atoms with Crippen LogP contribution in [0.4, 0.5) is 19.2 Å². The van der Waals surface area contributed by atoms with Gasteiger partial charge in [-0.25, -0.2) is 19.2 Å². The number of methoxy groups -OCH3 is 7.